The molecule has 0 bridgehead atoms. The van der Waals surface area contributed by atoms with Crippen LogP contribution in [0.5, 0.6) is 5.75 Å². The summed E-state index contributed by atoms with van der Waals surface area (Å²) >= 11 is 0. The number of benzene rings is 1. The molecule has 1 unspecified atom stereocenters. The van der Waals surface area contributed by atoms with Crippen LogP contribution in [0, 0.1) is 0 Å². The van der Waals surface area contributed by atoms with Gasteiger partial charge in [-0.1, -0.05) is 18.2 Å². The van der Waals surface area contributed by atoms with E-state index in [0.29, 0.717) is 6.04 Å². The van der Waals surface area contributed by atoms with E-state index in [0.717, 1.165) is 12.3 Å². The molecule has 0 fully saturated rings. The van der Waals surface area contributed by atoms with Crippen molar-refractivity contribution in [3.8, 4) is 5.75 Å². The van der Waals surface area contributed by atoms with Gasteiger partial charge >= 0.3 is 0 Å². The molecule has 3 nitrogen and oxygen atoms in total. The van der Waals surface area contributed by atoms with Crippen molar-refractivity contribution in [1.82, 2.24) is 10.3 Å². The lowest BCUT2D eigenvalue weighted by molar-refractivity contribution is 0.242. The van der Waals surface area contributed by atoms with Crippen LogP contribution in [0.1, 0.15) is 37.9 Å². The van der Waals surface area contributed by atoms with Gasteiger partial charge in [0, 0.05) is 25.0 Å². The van der Waals surface area contributed by atoms with Gasteiger partial charge in [0.2, 0.25) is 0 Å². The number of pyridine rings is 1. The molecule has 2 rings (SSSR count). The number of hydrogen-bond donors (Lipinski definition) is 1. The van der Waals surface area contributed by atoms with Crippen molar-refractivity contribution in [2.75, 3.05) is 0 Å². The van der Waals surface area contributed by atoms with Crippen molar-refractivity contribution < 1.29 is 4.74 Å². The lowest BCUT2D eigenvalue weighted by atomic mass is 10.1. The number of nitrogens with one attached hydrogen (secondary N) is 1. The molecule has 3 heteroatoms. The van der Waals surface area contributed by atoms with Crippen molar-refractivity contribution in [3.05, 3.63) is 59.9 Å². The van der Waals surface area contributed by atoms with Crippen LogP contribution in [0.4, 0.5) is 0 Å². The van der Waals surface area contributed by atoms with Crippen molar-refractivity contribution in [3.63, 3.8) is 0 Å². The highest BCUT2D eigenvalue weighted by atomic mass is 16.5. The van der Waals surface area contributed by atoms with Gasteiger partial charge in [-0.2, -0.15) is 0 Å². The second-order valence-electron chi connectivity index (χ2n) is 5.20. The largest absolute Gasteiger partial charge is 0.491 e. The Hall–Kier alpha value is -1.87. The average Bonchev–Trinajstić information content (AvgIpc) is 2.46. The molecule has 0 aliphatic rings. The monoisotopic (exact) mass is 270 g/mol. The lowest BCUT2D eigenvalue weighted by Gasteiger charge is -2.15. The summed E-state index contributed by atoms with van der Waals surface area (Å²) in [5.41, 5.74) is 2.45. The van der Waals surface area contributed by atoms with Gasteiger partial charge in [0.05, 0.1) is 6.10 Å². The average molecular weight is 270 g/mol. The van der Waals surface area contributed by atoms with Crippen molar-refractivity contribution in [1.29, 1.82) is 0 Å². The third-order valence-corrected chi connectivity index (χ3v) is 3.09. The molecule has 0 aliphatic carbocycles. The number of rotatable bonds is 6. The molecule has 106 valence electrons. The molecule has 1 atom stereocenters. The Balaban J connectivity index is 1.90. The molecular formula is C17H22N2O. The third-order valence-electron chi connectivity index (χ3n) is 3.09. The molecule has 1 heterocycles. The summed E-state index contributed by atoms with van der Waals surface area (Å²) < 4.78 is 5.65. The van der Waals surface area contributed by atoms with Crippen LogP contribution in [0.3, 0.4) is 0 Å². The molecule has 0 amide bonds. The molecule has 2 aromatic rings. The Morgan fingerprint density at radius 2 is 1.85 bits per heavy atom. The first-order valence-corrected chi connectivity index (χ1v) is 7.04. The summed E-state index contributed by atoms with van der Waals surface area (Å²) in [4.78, 5) is 4.12. The van der Waals surface area contributed by atoms with Gasteiger partial charge < -0.3 is 10.1 Å². The fourth-order valence-electron chi connectivity index (χ4n) is 2.00. The molecule has 0 aliphatic heterocycles. The summed E-state index contributed by atoms with van der Waals surface area (Å²) in [6.07, 6.45) is 3.89. The standard InChI is InChI=1S/C17H22N2O/c1-13(2)20-17-8-6-16(7-9-17)14(3)19-12-15-5-4-10-18-11-15/h4-11,13-14,19H,12H2,1-3H3. The van der Waals surface area contributed by atoms with E-state index in [4.69, 9.17) is 4.74 Å². The highest BCUT2D eigenvalue weighted by Crippen LogP contribution is 2.18. The molecule has 0 radical (unpaired) electrons. The van der Waals surface area contributed by atoms with Gasteiger partial charge in [0.1, 0.15) is 5.75 Å². The van der Waals surface area contributed by atoms with Gasteiger partial charge in [0.25, 0.3) is 0 Å². The first-order valence-electron chi connectivity index (χ1n) is 7.04. The predicted molar refractivity (Wildman–Crippen MR) is 81.7 cm³/mol. The molecule has 0 saturated carbocycles. The Labute approximate surface area is 121 Å². The zero-order chi connectivity index (χ0) is 14.4. The fraction of sp³-hybridized carbons (Fsp3) is 0.353. The SMILES string of the molecule is CC(C)Oc1ccc(C(C)NCc2cccnc2)cc1. The third kappa shape index (κ3) is 4.35. The summed E-state index contributed by atoms with van der Waals surface area (Å²) in [5, 5.41) is 3.49. The van der Waals surface area contributed by atoms with Gasteiger partial charge in [-0.05, 0) is 50.1 Å². The topological polar surface area (TPSA) is 34.1 Å². The fourth-order valence-corrected chi connectivity index (χ4v) is 2.00. The summed E-state index contributed by atoms with van der Waals surface area (Å²) in [7, 11) is 0. The first-order chi connectivity index (χ1) is 9.65. The lowest BCUT2D eigenvalue weighted by Crippen LogP contribution is -2.18. The quantitative estimate of drug-likeness (QED) is 0.868. The normalized spacial score (nSPS) is 12.4. The minimum atomic E-state index is 0.210. The highest BCUT2D eigenvalue weighted by Gasteiger charge is 2.05. The Morgan fingerprint density at radius 1 is 1.10 bits per heavy atom. The van der Waals surface area contributed by atoms with Gasteiger partial charge in [0.15, 0.2) is 0 Å². The summed E-state index contributed by atoms with van der Waals surface area (Å²) in [6, 6.07) is 12.6. The van der Waals surface area contributed by atoms with Gasteiger partial charge in [-0.3, -0.25) is 4.98 Å². The van der Waals surface area contributed by atoms with Crippen LogP contribution < -0.4 is 10.1 Å². The zero-order valence-corrected chi connectivity index (χ0v) is 12.3. The first kappa shape index (κ1) is 14.5. The van der Waals surface area contributed by atoms with E-state index in [2.05, 4.69) is 35.4 Å². The maximum Gasteiger partial charge on any atom is 0.119 e. The Morgan fingerprint density at radius 3 is 2.45 bits per heavy atom. The van der Waals surface area contributed by atoms with Crippen LogP contribution in [-0.4, -0.2) is 11.1 Å². The zero-order valence-electron chi connectivity index (χ0n) is 12.3. The maximum atomic E-state index is 5.65. The molecule has 1 N–H and O–H groups in total. The maximum absolute atomic E-state index is 5.65. The number of ether oxygens (including phenoxy) is 1. The van der Waals surface area contributed by atoms with E-state index in [1.807, 2.05) is 38.2 Å². The minimum absolute atomic E-state index is 0.210. The van der Waals surface area contributed by atoms with Crippen LogP contribution in [0.15, 0.2) is 48.8 Å². The molecule has 0 spiro atoms. The van der Waals surface area contributed by atoms with Crippen molar-refractivity contribution >= 4 is 0 Å². The number of hydrogen-bond acceptors (Lipinski definition) is 3. The second-order valence-corrected chi connectivity index (χ2v) is 5.20. The van der Waals surface area contributed by atoms with Crippen LogP contribution in [-0.2, 0) is 6.54 Å². The highest BCUT2D eigenvalue weighted by molar-refractivity contribution is 5.29. The predicted octanol–water partition coefficient (Wildman–Crippen LogP) is 3.72. The Bertz CT molecular complexity index is 508. The number of aromatic nitrogens is 1. The van der Waals surface area contributed by atoms with Gasteiger partial charge in [-0.15, -0.1) is 0 Å². The molecule has 20 heavy (non-hydrogen) atoms. The van der Waals surface area contributed by atoms with E-state index in [1.54, 1.807) is 6.20 Å². The summed E-state index contributed by atoms with van der Waals surface area (Å²) in [6.45, 7) is 7.05. The minimum Gasteiger partial charge on any atom is -0.491 e. The van der Waals surface area contributed by atoms with Gasteiger partial charge in [-0.25, -0.2) is 0 Å². The van der Waals surface area contributed by atoms with E-state index in [-0.39, 0.29) is 6.10 Å². The smallest absolute Gasteiger partial charge is 0.119 e. The molecule has 0 saturated heterocycles. The summed E-state index contributed by atoms with van der Waals surface area (Å²) in [5.74, 6) is 0.920. The molecule has 1 aromatic carbocycles. The van der Waals surface area contributed by atoms with Crippen molar-refractivity contribution in [2.45, 2.75) is 39.5 Å². The molecule has 1 aromatic heterocycles. The van der Waals surface area contributed by atoms with E-state index in [9.17, 15) is 0 Å². The Kier molecular flexibility index (Phi) is 5.13. The van der Waals surface area contributed by atoms with E-state index in [1.165, 1.54) is 11.1 Å². The van der Waals surface area contributed by atoms with E-state index >= 15 is 0 Å². The second kappa shape index (κ2) is 7.06. The van der Waals surface area contributed by atoms with Crippen LogP contribution in [0.25, 0.3) is 0 Å². The van der Waals surface area contributed by atoms with Crippen molar-refractivity contribution in [2.24, 2.45) is 0 Å². The van der Waals surface area contributed by atoms with Crippen LogP contribution >= 0.6 is 0 Å². The number of nitrogens with zero attached hydrogens (tertiary/aromatic N) is 1. The molecular weight excluding hydrogens is 248 g/mol. The van der Waals surface area contributed by atoms with E-state index < -0.39 is 0 Å². The van der Waals surface area contributed by atoms with Crippen LogP contribution in [0.2, 0.25) is 0 Å².